The Morgan fingerprint density at radius 1 is 1.20 bits per heavy atom. The fraction of sp³-hybridized carbons (Fsp3) is 0.375. The van der Waals surface area contributed by atoms with E-state index in [9.17, 15) is 19.7 Å². The number of aromatic nitrogens is 2. The summed E-state index contributed by atoms with van der Waals surface area (Å²) in [6.45, 7) is 2.20. The van der Waals surface area contributed by atoms with Gasteiger partial charge in [-0.15, -0.1) is 0 Å². The van der Waals surface area contributed by atoms with E-state index in [4.69, 9.17) is 4.74 Å². The minimum Gasteiger partial charge on any atom is -0.378 e. The molecular weight excluding hydrogens is 328 g/mol. The number of nitrogens with one attached hydrogen (secondary N) is 1. The lowest BCUT2D eigenvalue weighted by Crippen LogP contribution is -2.43. The normalized spacial score (nSPS) is 14.5. The number of nitro groups is 1. The molecule has 0 aliphatic carbocycles. The first-order chi connectivity index (χ1) is 12.0. The van der Waals surface area contributed by atoms with Crippen molar-refractivity contribution in [2.75, 3.05) is 31.2 Å². The largest absolute Gasteiger partial charge is 0.378 e. The zero-order chi connectivity index (χ0) is 18.0. The summed E-state index contributed by atoms with van der Waals surface area (Å²) >= 11 is 0. The number of benzene rings is 1. The Balaban J connectivity index is 2.01. The summed E-state index contributed by atoms with van der Waals surface area (Å²) in [6.07, 6.45) is 0.272. The van der Waals surface area contributed by atoms with Gasteiger partial charge in [0.25, 0.3) is 11.2 Å². The second kappa shape index (κ2) is 6.89. The Hall–Kier alpha value is -2.94. The average molecular weight is 346 g/mol. The van der Waals surface area contributed by atoms with Gasteiger partial charge in [-0.05, 0) is 5.56 Å². The van der Waals surface area contributed by atoms with Gasteiger partial charge in [-0.2, -0.15) is 0 Å². The highest BCUT2D eigenvalue weighted by Gasteiger charge is 2.20. The molecule has 1 fully saturated rings. The Morgan fingerprint density at radius 3 is 2.44 bits per heavy atom. The smallest absolute Gasteiger partial charge is 0.329 e. The first-order valence-corrected chi connectivity index (χ1v) is 7.85. The molecule has 25 heavy (non-hydrogen) atoms. The first kappa shape index (κ1) is 16.9. The molecular formula is C16H18N4O5. The SMILES string of the molecule is Cn1c(=O)[nH]c(N2CCOCC2)c(Cc2ccc([N+](=O)[O-])cc2)c1=O. The van der Waals surface area contributed by atoms with E-state index >= 15 is 0 Å². The molecule has 1 aliphatic rings. The first-order valence-electron chi connectivity index (χ1n) is 7.85. The van der Waals surface area contributed by atoms with Crippen LogP contribution in [0, 0.1) is 10.1 Å². The fourth-order valence-corrected chi connectivity index (χ4v) is 2.81. The maximum Gasteiger partial charge on any atom is 0.329 e. The van der Waals surface area contributed by atoms with Gasteiger partial charge >= 0.3 is 5.69 Å². The van der Waals surface area contributed by atoms with Crippen LogP contribution in [0.5, 0.6) is 0 Å². The average Bonchev–Trinajstić information content (AvgIpc) is 2.63. The van der Waals surface area contributed by atoms with Crippen molar-refractivity contribution in [1.82, 2.24) is 9.55 Å². The summed E-state index contributed by atoms with van der Waals surface area (Å²) in [7, 11) is 1.42. The Bertz CT molecular complexity index is 894. The molecule has 1 aromatic carbocycles. The molecule has 1 N–H and O–H groups in total. The number of aromatic amines is 1. The molecule has 132 valence electrons. The summed E-state index contributed by atoms with van der Waals surface area (Å²) in [6, 6.07) is 6.04. The monoisotopic (exact) mass is 346 g/mol. The zero-order valence-corrected chi connectivity index (χ0v) is 13.7. The summed E-state index contributed by atoms with van der Waals surface area (Å²) in [5.41, 5.74) is 0.358. The van der Waals surface area contributed by atoms with Crippen LogP contribution in [0.25, 0.3) is 0 Å². The van der Waals surface area contributed by atoms with Crippen LogP contribution in [0.3, 0.4) is 0 Å². The number of hydrogen-bond acceptors (Lipinski definition) is 6. The molecule has 9 nitrogen and oxygen atoms in total. The van der Waals surface area contributed by atoms with Gasteiger partial charge in [0.2, 0.25) is 0 Å². The van der Waals surface area contributed by atoms with E-state index in [1.807, 2.05) is 4.90 Å². The van der Waals surface area contributed by atoms with Crippen molar-refractivity contribution in [3.8, 4) is 0 Å². The standard InChI is InChI=1S/C16H18N4O5/c1-18-15(21)13(10-11-2-4-12(5-3-11)20(23)24)14(17-16(18)22)19-6-8-25-9-7-19/h2-5H,6-10H2,1H3,(H,17,22). The van der Waals surface area contributed by atoms with E-state index in [1.54, 1.807) is 12.1 Å². The molecule has 0 bridgehead atoms. The van der Waals surface area contributed by atoms with Gasteiger partial charge < -0.3 is 9.64 Å². The number of ether oxygens (including phenoxy) is 1. The van der Waals surface area contributed by atoms with Crippen molar-refractivity contribution in [2.45, 2.75) is 6.42 Å². The molecule has 9 heteroatoms. The van der Waals surface area contributed by atoms with Gasteiger partial charge in [0.05, 0.1) is 23.7 Å². The van der Waals surface area contributed by atoms with Crippen LogP contribution in [0.2, 0.25) is 0 Å². The van der Waals surface area contributed by atoms with Gasteiger partial charge in [-0.25, -0.2) is 4.79 Å². The number of morpholine rings is 1. The van der Waals surface area contributed by atoms with Crippen molar-refractivity contribution in [3.63, 3.8) is 0 Å². The van der Waals surface area contributed by atoms with Gasteiger partial charge in [0.15, 0.2) is 0 Å². The number of rotatable bonds is 4. The number of nitrogens with zero attached hydrogens (tertiary/aromatic N) is 3. The highest BCUT2D eigenvalue weighted by atomic mass is 16.6. The molecule has 3 rings (SSSR count). The summed E-state index contributed by atoms with van der Waals surface area (Å²) in [5.74, 6) is 0.495. The van der Waals surface area contributed by atoms with Gasteiger partial charge in [-0.3, -0.25) is 24.5 Å². The Morgan fingerprint density at radius 2 is 1.84 bits per heavy atom. The van der Waals surface area contributed by atoms with E-state index in [0.717, 1.165) is 10.1 Å². The lowest BCUT2D eigenvalue weighted by Gasteiger charge is -2.29. The lowest BCUT2D eigenvalue weighted by molar-refractivity contribution is -0.384. The summed E-state index contributed by atoms with van der Waals surface area (Å²) in [4.78, 5) is 39.6. The van der Waals surface area contributed by atoms with E-state index < -0.39 is 10.6 Å². The highest BCUT2D eigenvalue weighted by molar-refractivity contribution is 5.48. The Labute approximate surface area is 142 Å². The molecule has 0 amide bonds. The number of H-pyrrole nitrogens is 1. The number of hydrogen-bond donors (Lipinski definition) is 1. The molecule has 0 atom stereocenters. The predicted molar refractivity (Wildman–Crippen MR) is 91.2 cm³/mol. The van der Waals surface area contributed by atoms with Gasteiger partial charge in [0, 0.05) is 38.7 Å². The molecule has 1 aromatic heterocycles. The van der Waals surface area contributed by atoms with E-state index in [1.165, 1.54) is 19.2 Å². The van der Waals surface area contributed by atoms with Crippen LogP contribution >= 0.6 is 0 Å². The van der Waals surface area contributed by atoms with Crippen molar-refractivity contribution in [1.29, 1.82) is 0 Å². The predicted octanol–water partition coefficient (Wildman–Crippen LogP) is 0.409. The summed E-state index contributed by atoms with van der Waals surface area (Å²) < 4.78 is 6.35. The van der Waals surface area contributed by atoms with E-state index in [0.29, 0.717) is 37.7 Å². The molecule has 1 aliphatic heterocycles. The van der Waals surface area contributed by atoms with E-state index in [-0.39, 0.29) is 17.7 Å². The quantitative estimate of drug-likeness (QED) is 0.634. The number of nitro benzene ring substituents is 1. The maximum atomic E-state index is 12.6. The van der Waals surface area contributed by atoms with E-state index in [2.05, 4.69) is 4.98 Å². The number of anilines is 1. The second-order valence-electron chi connectivity index (χ2n) is 5.82. The van der Waals surface area contributed by atoms with Crippen LogP contribution in [0.4, 0.5) is 11.5 Å². The molecule has 0 unspecified atom stereocenters. The number of non-ortho nitro benzene ring substituents is 1. The molecule has 0 saturated carbocycles. The molecule has 0 spiro atoms. The summed E-state index contributed by atoms with van der Waals surface area (Å²) in [5, 5.41) is 10.8. The Kier molecular flexibility index (Phi) is 4.66. The van der Waals surface area contributed by atoms with Crippen molar-refractivity contribution in [2.24, 2.45) is 7.05 Å². The van der Waals surface area contributed by atoms with Crippen LogP contribution < -0.4 is 16.1 Å². The highest BCUT2D eigenvalue weighted by Crippen LogP contribution is 2.19. The second-order valence-corrected chi connectivity index (χ2v) is 5.82. The molecule has 0 radical (unpaired) electrons. The van der Waals surface area contributed by atoms with Crippen LogP contribution in [0.15, 0.2) is 33.9 Å². The zero-order valence-electron chi connectivity index (χ0n) is 13.7. The van der Waals surface area contributed by atoms with Crippen molar-refractivity contribution < 1.29 is 9.66 Å². The third kappa shape index (κ3) is 3.45. The lowest BCUT2D eigenvalue weighted by atomic mass is 10.1. The van der Waals surface area contributed by atoms with Crippen molar-refractivity contribution >= 4 is 11.5 Å². The molecule has 2 aromatic rings. The van der Waals surface area contributed by atoms with Gasteiger partial charge in [-0.1, -0.05) is 12.1 Å². The molecule has 1 saturated heterocycles. The third-order valence-corrected chi connectivity index (χ3v) is 4.23. The fourth-order valence-electron chi connectivity index (χ4n) is 2.81. The minimum absolute atomic E-state index is 0.00785. The van der Waals surface area contributed by atoms with Crippen LogP contribution in [0.1, 0.15) is 11.1 Å². The van der Waals surface area contributed by atoms with Crippen LogP contribution in [-0.4, -0.2) is 40.8 Å². The topological polar surface area (TPSA) is 110 Å². The third-order valence-electron chi connectivity index (χ3n) is 4.23. The maximum absolute atomic E-state index is 12.6. The minimum atomic E-state index is -0.473. The van der Waals surface area contributed by atoms with Crippen molar-refractivity contribution in [3.05, 3.63) is 66.3 Å². The molecule has 2 heterocycles. The van der Waals surface area contributed by atoms with Gasteiger partial charge in [0.1, 0.15) is 5.82 Å². The van der Waals surface area contributed by atoms with Crippen LogP contribution in [-0.2, 0) is 18.2 Å².